The van der Waals surface area contributed by atoms with Gasteiger partial charge in [0.05, 0.1) is 22.7 Å². The van der Waals surface area contributed by atoms with Gasteiger partial charge >= 0.3 is 0 Å². The minimum Gasteiger partial charge on any atom is -0.354 e. The first-order chi connectivity index (χ1) is 8.56. The number of carbonyl (C=O) groups is 1. The third kappa shape index (κ3) is 2.99. The van der Waals surface area contributed by atoms with Crippen molar-refractivity contribution in [2.45, 2.75) is 26.3 Å². The second-order valence-corrected chi connectivity index (χ2v) is 4.92. The van der Waals surface area contributed by atoms with Gasteiger partial charge in [-0.25, -0.2) is 0 Å². The standard InChI is InChI=1S/C14H15ClN2O/c1-9(2)16-13(18)8-11-7-6-10-4-3-5-12(15)14(10)17-11/h3-7,9H,8H2,1-2H3,(H,16,18). The molecule has 1 heterocycles. The van der Waals surface area contributed by atoms with Crippen molar-refractivity contribution in [2.75, 3.05) is 0 Å². The molecule has 1 aromatic carbocycles. The molecule has 0 bridgehead atoms. The first kappa shape index (κ1) is 12.8. The fraction of sp³-hybridized carbons (Fsp3) is 0.286. The van der Waals surface area contributed by atoms with E-state index < -0.39 is 0 Å². The molecular weight excluding hydrogens is 248 g/mol. The van der Waals surface area contributed by atoms with E-state index in [0.717, 1.165) is 16.6 Å². The van der Waals surface area contributed by atoms with Gasteiger partial charge in [-0.15, -0.1) is 0 Å². The van der Waals surface area contributed by atoms with Gasteiger partial charge in [0.25, 0.3) is 0 Å². The smallest absolute Gasteiger partial charge is 0.226 e. The zero-order valence-electron chi connectivity index (χ0n) is 10.4. The number of para-hydroxylation sites is 1. The van der Waals surface area contributed by atoms with Gasteiger partial charge in [0.1, 0.15) is 0 Å². The van der Waals surface area contributed by atoms with Crippen molar-refractivity contribution in [3.05, 3.63) is 41.0 Å². The first-order valence-corrected chi connectivity index (χ1v) is 6.27. The Balaban J connectivity index is 2.25. The van der Waals surface area contributed by atoms with Crippen LogP contribution in [-0.4, -0.2) is 16.9 Å². The van der Waals surface area contributed by atoms with Crippen molar-refractivity contribution in [3.63, 3.8) is 0 Å². The fourth-order valence-electron chi connectivity index (χ4n) is 1.79. The number of rotatable bonds is 3. The number of hydrogen-bond acceptors (Lipinski definition) is 2. The number of benzene rings is 1. The summed E-state index contributed by atoms with van der Waals surface area (Å²) in [6.45, 7) is 3.87. The Labute approximate surface area is 111 Å². The maximum absolute atomic E-state index is 11.7. The van der Waals surface area contributed by atoms with Crippen LogP contribution in [0.15, 0.2) is 30.3 Å². The summed E-state index contributed by atoms with van der Waals surface area (Å²) in [6, 6.07) is 9.57. The molecule has 0 fully saturated rings. The number of carbonyl (C=O) groups excluding carboxylic acids is 1. The molecule has 3 nitrogen and oxygen atoms in total. The SMILES string of the molecule is CC(C)NC(=O)Cc1ccc2cccc(Cl)c2n1. The van der Waals surface area contributed by atoms with Crippen LogP contribution in [0.25, 0.3) is 10.9 Å². The molecular formula is C14H15ClN2O. The van der Waals surface area contributed by atoms with E-state index in [1.807, 2.05) is 38.1 Å². The van der Waals surface area contributed by atoms with E-state index in [1.165, 1.54) is 0 Å². The number of nitrogens with one attached hydrogen (secondary N) is 1. The van der Waals surface area contributed by atoms with E-state index in [4.69, 9.17) is 11.6 Å². The number of pyridine rings is 1. The lowest BCUT2D eigenvalue weighted by Crippen LogP contribution is -2.31. The lowest BCUT2D eigenvalue weighted by atomic mass is 10.1. The quantitative estimate of drug-likeness (QED) is 0.924. The van der Waals surface area contributed by atoms with Crippen LogP contribution in [0.5, 0.6) is 0 Å². The zero-order chi connectivity index (χ0) is 13.1. The van der Waals surface area contributed by atoms with Crippen LogP contribution in [0.1, 0.15) is 19.5 Å². The predicted molar refractivity (Wildman–Crippen MR) is 73.7 cm³/mol. The van der Waals surface area contributed by atoms with E-state index in [9.17, 15) is 4.79 Å². The largest absolute Gasteiger partial charge is 0.354 e. The molecule has 1 N–H and O–H groups in total. The summed E-state index contributed by atoms with van der Waals surface area (Å²) in [6.07, 6.45) is 0.277. The number of fused-ring (bicyclic) bond motifs is 1. The summed E-state index contributed by atoms with van der Waals surface area (Å²) in [5.74, 6) is -0.0242. The second-order valence-electron chi connectivity index (χ2n) is 4.51. The molecule has 0 saturated carbocycles. The van der Waals surface area contributed by atoms with Crippen LogP contribution in [-0.2, 0) is 11.2 Å². The average Bonchev–Trinajstić information content (AvgIpc) is 2.29. The van der Waals surface area contributed by atoms with Crippen molar-refractivity contribution in [3.8, 4) is 0 Å². The molecule has 0 atom stereocenters. The Kier molecular flexibility index (Phi) is 3.82. The van der Waals surface area contributed by atoms with E-state index in [0.29, 0.717) is 5.02 Å². The van der Waals surface area contributed by atoms with Crippen LogP contribution < -0.4 is 5.32 Å². The highest BCUT2D eigenvalue weighted by Crippen LogP contribution is 2.21. The Morgan fingerprint density at radius 1 is 1.33 bits per heavy atom. The lowest BCUT2D eigenvalue weighted by Gasteiger charge is -2.08. The number of nitrogens with zero attached hydrogens (tertiary/aromatic N) is 1. The summed E-state index contributed by atoms with van der Waals surface area (Å²) in [5.41, 5.74) is 1.47. The third-order valence-corrected chi connectivity index (χ3v) is 2.83. The van der Waals surface area contributed by atoms with Crippen molar-refractivity contribution in [1.82, 2.24) is 10.3 Å². The van der Waals surface area contributed by atoms with Crippen molar-refractivity contribution < 1.29 is 4.79 Å². The molecule has 0 saturated heterocycles. The molecule has 94 valence electrons. The van der Waals surface area contributed by atoms with Crippen LogP contribution in [0.2, 0.25) is 5.02 Å². The minimum absolute atomic E-state index is 0.0242. The van der Waals surface area contributed by atoms with Crippen molar-refractivity contribution in [2.24, 2.45) is 0 Å². The molecule has 1 aromatic heterocycles. The highest BCUT2D eigenvalue weighted by molar-refractivity contribution is 6.35. The summed E-state index contributed by atoms with van der Waals surface area (Å²) < 4.78 is 0. The molecule has 0 spiro atoms. The Morgan fingerprint density at radius 2 is 2.11 bits per heavy atom. The number of aromatic nitrogens is 1. The van der Waals surface area contributed by atoms with E-state index >= 15 is 0 Å². The number of halogens is 1. The van der Waals surface area contributed by atoms with E-state index in [2.05, 4.69) is 10.3 Å². The molecule has 4 heteroatoms. The Morgan fingerprint density at radius 3 is 2.83 bits per heavy atom. The van der Waals surface area contributed by atoms with E-state index in [1.54, 1.807) is 6.07 Å². The third-order valence-electron chi connectivity index (χ3n) is 2.52. The van der Waals surface area contributed by atoms with Gasteiger partial charge in [-0.1, -0.05) is 29.8 Å². The highest BCUT2D eigenvalue weighted by atomic mass is 35.5. The maximum Gasteiger partial charge on any atom is 0.226 e. The topological polar surface area (TPSA) is 42.0 Å². The van der Waals surface area contributed by atoms with Gasteiger partial charge in [0, 0.05) is 11.4 Å². The second kappa shape index (κ2) is 5.36. The monoisotopic (exact) mass is 262 g/mol. The van der Waals surface area contributed by atoms with E-state index in [-0.39, 0.29) is 18.4 Å². The fourth-order valence-corrected chi connectivity index (χ4v) is 2.01. The maximum atomic E-state index is 11.7. The average molecular weight is 263 g/mol. The van der Waals surface area contributed by atoms with Crippen LogP contribution in [0.3, 0.4) is 0 Å². The van der Waals surface area contributed by atoms with Gasteiger partial charge in [-0.3, -0.25) is 9.78 Å². The van der Waals surface area contributed by atoms with Gasteiger partial charge in [0.2, 0.25) is 5.91 Å². The molecule has 2 rings (SSSR count). The molecule has 1 amide bonds. The van der Waals surface area contributed by atoms with Crippen LogP contribution >= 0.6 is 11.6 Å². The molecule has 0 radical (unpaired) electrons. The predicted octanol–water partition coefficient (Wildman–Crippen LogP) is 2.96. The normalized spacial score (nSPS) is 10.9. The zero-order valence-corrected chi connectivity index (χ0v) is 11.2. The summed E-state index contributed by atoms with van der Waals surface area (Å²) >= 11 is 6.09. The molecule has 2 aromatic rings. The number of amides is 1. The van der Waals surface area contributed by atoms with Gasteiger partial charge < -0.3 is 5.32 Å². The summed E-state index contributed by atoms with van der Waals surface area (Å²) in [7, 11) is 0. The van der Waals surface area contributed by atoms with Gasteiger partial charge in [0.15, 0.2) is 0 Å². The Bertz CT molecular complexity index is 581. The first-order valence-electron chi connectivity index (χ1n) is 5.90. The number of hydrogen-bond donors (Lipinski definition) is 1. The van der Waals surface area contributed by atoms with Gasteiger partial charge in [-0.2, -0.15) is 0 Å². The molecule has 0 aliphatic carbocycles. The van der Waals surface area contributed by atoms with Crippen molar-refractivity contribution in [1.29, 1.82) is 0 Å². The van der Waals surface area contributed by atoms with Crippen molar-refractivity contribution >= 4 is 28.4 Å². The van der Waals surface area contributed by atoms with Crippen LogP contribution in [0, 0.1) is 0 Å². The highest BCUT2D eigenvalue weighted by Gasteiger charge is 2.07. The molecule has 0 aliphatic heterocycles. The minimum atomic E-state index is -0.0242. The molecule has 18 heavy (non-hydrogen) atoms. The summed E-state index contributed by atoms with van der Waals surface area (Å²) in [5, 5.41) is 4.43. The van der Waals surface area contributed by atoms with Gasteiger partial charge in [-0.05, 0) is 26.0 Å². The Hall–Kier alpha value is -1.61. The van der Waals surface area contributed by atoms with Crippen LogP contribution in [0.4, 0.5) is 0 Å². The summed E-state index contributed by atoms with van der Waals surface area (Å²) in [4.78, 5) is 16.1. The molecule has 0 aliphatic rings. The lowest BCUT2D eigenvalue weighted by molar-refractivity contribution is -0.120. The molecule has 0 unspecified atom stereocenters.